The van der Waals surface area contributed by atoms with Crippen LogP contribution in [0.1, 0.15) is 152 Å². The number of morpholine rings is 2. The first kappa shape index (κ1) is 68.4. The Balaban J connectivity index is -0.000000335. The second-order valence-electron chi connectivity index (χ2n) is 16.7. The van der Waals surface area contributed by atoms with Gasteiger partial charge in [0.15, 0.2) is 17.3 Å². The molecule has 4 saturated carbocycles. The Kier molecular flexibility index (Phi) is 45.6. The molecule has 0 radical (unpaired) electrons. The number of carbonyl (C=O) groups is 4. The van der Waals surface area contributed by atoms with E-state index in [0.717, 1.165) is 158 Å². The lowest BCUT2D eigenvalue weighted by Gasteiger charge is -2.29. The van der Waals surface area contributed by atoms with E-state index in [1.807, 2.05) is 69.5 Å². The number of halogens is 2. The minimum Gasteiger partial charge on any atom is -0.412 e. The molecule has 0 amide bonds. The topological polar surface area (TPSA) is 161 Å². The van der Waals surface area contributed by atoms with Crippen LogP contribution in [-0.4, -0.2) is 112 Å². The number of hydrogen-bond donors (Lipinski definition) is 1. The van der Waals surface area contributed by atoms with Crippen molar-refractivity contribution < 1.29 is 34.1 Å². The molecule has 0 aromatic rings. The van der Waals surface area contributed by atoms with Gasteiger partial charge >= 0.3 is 0 Å². The van der Waals surface area contributed by atoms with E-state index in [4.69, 9.17) is 26.3 Å². The highest BCUT2D eigenvalue weighted by atomic mass is 35.5. The van der Waals surface area contributed by atoms with Gasteiger partial charge in [0.2, 0.25) is 0 Å². The fourth-order valence-corrected chi connectivity index (χ4v) is 7.45. The first-order valence-corrected chi connectivity index (χ1v) is 23.8. The standard InChI is InChI=1S/C11H19NO.C9H15NO.C9H12O.C8H12O.C5H8O.C4H9NO.C2H3Cl.C2H3N.C2H6.ClH.H2O/c1-8(2)10-6-5-9(11(10)13)7-12(3)4;1-2-4-9(3-1)10-5-7-11-8-6-10;1-6(2)8-5-4-7(3)9(8)10;1-6(2)7-4-3-5-8(7)9;6-5-3-1-2-4-5;1-3-6-4-2-5-1;2*1-2-3;1-2;;/h9H,5-7H2,1-4H3;3H,1-2,4-8H2;3-5H2,1-2H3;3-5H2,1-2H3;1-4H2;5H,1-4H2;2H,1H2;1H3;1-2H3;1H;1H2. The highest BCUT2D eigenvalue weighted by molar-refractivity contribution is 6.25. The molecule has 6 fully saturated rings. The summed E-state index contributed by atoms with van der Waals surface area (Å²) in [6.07, 6.45) is 16.9. The highest BCUT2D eigenvalue weighted by Gasteiger charge is 2.30. The number of nitrogens with zero attached hydrogens (tertiary/aromatic N) is 3. The average Bonchev–Trinajstić information content (AvgIpc) is 4.14. The summed E-state index contributed by atoms with van der Waals surface area (Å²) in [5.41, 5.74) is 10.2. The summed E-state index contributed by atoms with van der Waals surface area (Å²) in [4.78, 5) is 48.8. The SMILES string of the molecule is C1=C(N2CCOCC2)CCC1.C1COCCN1.C=C1CCC(=C(C)C)C1=O.C=CCl.CC.CC#N.CC(C)=C1CCC(CN(C)C)C1=O.CC(C)=C1CCCC1=O.Cl.O.O=C1CCCC1. The zero-order valence-electron chi connectivity index (χ0n) is 42.5. The van der Waals surface area contributed by atoms with Gasteiger partial charge in [-0.05, 0) is 154 Å². The Hall–Kier alpha value is -3.21. The van der Waals surface area contributed by atoms with Crippen LogP contribution in [0, 0.1) is 17.2 Å². The molecule has 0 aromatic carbocycles. The van der Waals surface area contributed by atoms with Gasteiger partial charge in [0.25, 0.3) is 0 Å². The lowest BCUT2D eigenvalue weighted by Crippen LogP contribution is -2.35. The first-order chi connectivity index (χ1) is 30.0. The lowest BCUT2D eigenvalue weighted by atomic mass is 10.0. The van der Waals surface area contributed by atoms with Gasteiger partial charge in [-0.2, -0.15) is 5.26 Å². The van der Waals surface area contributed by atoms with E-state index < -0.39 is 0 Å². The molecular formula is C52H90Cl2N4O7. The van der Waals surface area contributed by atoms with Gasteiger partial charge in [0, 0.05) is 70.5 Å². The lowest BCUT2D eigenvalue weighted by molar-refractivity contribution is -0.118. The maximum atomic E-state index is 11.8. The number of hydrogen-bond acceptors (Lipinski definition) is 10. The Morgan fingerprint density at radius 1 is 0.800 bits per heavy atom. The van der Waals surface area contributed by atoms with Gasteiger partial charge < -0.3 is 30.1 Å². The Bertz CT molecular complexity index is 1530. The van der Waals surface area contributed by atoms with Gasteiger partial charge in [-0.3, -0.25) is 19.2 Å². The van der Waals surface area contributed by atoms with E-state index in [-0.39, 0.29) is 29.6 Å². The average molecular weight is 954 g/mol. The number of carbonyl (C=O) groups excluding carboxylic acids is 4. The third kappa shape index (κ3) is 32.2. The molecule has 3 N–H and O–H groups in total. The number of ketones is 4. The van der Waals surface area contributed by atoms with E-state index in [9.17, 15) is 19.2 Å². The normalized spacial score (nSPS) is 19.0. The predicted octanol–water partition coefficient (Wildman–Crippen LogP) is 10.8. The first-order valence-electron chi connectivity index (χ1n) is 23.3. The minimum atomic E-state index is 0. The molecule has 11 nitrogen and oxygen atoms in total. The summed E-state index contributed by atoms with van der Waals surface area (Å²) >= 11 is 4.76. The fraction of sp³-hybridized carbons (Fsp3) is 0.673. The summed E-state index contributed by atoms with van der Waals surface area (Å²) in [7, 11) is 4.04. The zero-order valence-corrected chi connectivity index (χ0v) is 44.1. The van der Waals surface area contributed by atoms with Crippen LogP contribution < -0.4 is 5.32 Å². The molecule has 2 heterocycles. The Morgan fingerprint density at radius 2 is 1.31 bits per heavy atom. The number of nitriles is 1. The zero-order chi connectivity index (χ0) is 48.2. The molecule has 65 heavy (non-hydrogen) atoms. The van der Waals surface area contributed by atoms with Crippen molar-refractivity contribution in [2.45, 2.75) is 152 Å². The molecule has 0 aromatic heterocycles. The molecule has 0 spiro atoms. The van der Waals surface area contributed by atoms with Crippen molar-refractivity contribution in [3.63, 3.8) is 0 Å². The van der Waals surface area contributed by atoms with Crippen LogP contribution in [-0.2, 0) is 28.7 Å². The van der Waals surface area contributed by atoms with Crippen molar-refractivity contribution in [2.75, 3.05) is 73.2 Å². The molecule has 2 aliphatic heterocycles. The van der Waals surface area contributed by atoms with Crippen LogP contribution >= 0.6 is 24.0 Å². The van der Waals surface area contributed by atoms with Crippen LogP contribution in [0.4, 0.5) is 0 Å². The maximum absolute atomic E-state index is 11.8. The van der Waals surface area contributed by atoms with Gasteiger partial charge in [-0.1, -0.05) is 61.4 Å². The quantitative estimate of drug-likeness (QED) is 0.270. The number of ether oxygens (including phenoxy) is 2. The van der Waals surface area contributed by atoms with Gasteiger partial charge in [-0.15, -0.1) is 12.4 Å². The van der Waals surface area contributed by atoms with Crippen molar-refractivity contribution in [3.05, 3.63) is 69.5 Å². The highest BCUT2D eigenvalue weighted by Crippen LogP contribution is 2.29. The largest absolute Gasteiger partial charge is 0.412 e. The summed E-state index contributed by atoms with van der Waals surface area (Å²) in [5, 5.41) is 10.5. The van der Waals surface area contributed by atoms with E-state index in [1.165, 1.54) is 42.9 Å². The summed E-state index contributed by atoms with van der Waals surface area (Å²) in [6, 6.07) is 1.75. The monoisotopic (exact) mass is 953 g/mol. The van der Waals surface area contributed by atoms with Gasteiger partial charge in [-0.25, -0.2) is 0 Å². The smallest absolute Gasteiger partial charge is 0.184 e. The van der Waals surface area contributed by atoms with Crippen LogP contribution in [0.25, 0.3) is 0 Å². The maximum Gasteiger partial charge on any atom is 0.184 e. The van der Waals surface area contributed by atoms with Gasteiger partial charge in [0.1, 0.15) is 5.78 Å². The predicted molar refractivity (Wildman–Crippen MR) is 275 cm³/mol. The van der Waals surface area contributed by atoms with Gasteiger partial charge in [0.05, 0.1) is 32.5 Å². The Labute approximate surface area is 406 Å². The molecule has 13 heteroatoms. The molecule has 7 aliphatic rings. The number of Topliss-reactive ketones (excluding diaryl/α,β-unsaturated/α-hetero) is 4. The van der Waals surface area contributed by atoms with Crippen molar-refractivity contribution in [3.8, 4) is 6.07 Å². The van der Waals surface area contributed by atoms with E-state index in [0.29, 0.717) is 17.3 Å². The van der Waals surface area contributed by atoms with E-state index in [2.05, 4.69) is 34.4 Å². The minimum absolute atomic E-state index is 0. The second kappa shape index (κ2) is 43.4. The third-order valence-corrected chi connectivity index (χ3v) is 10.7. The summed E-state index contributed by atoms with van der Waals surface area (Å²) in [6.45, 7) is 33.1. The molecule has 7 rings (SSSR count). The second-order valence-corrected chi connectivity index (χ2v) is 17.0. The van der Waals surface area contributed by atoms with Crippen molar-refractivity contribution in [1.29, 1.82) is 5.26 Å². The molecule has 0 bridgehead atoms. The molecule has 5 aliphatic carbocycles. The number of nitrogens with one attached hydrogen (secondary N) is 1. The third-order valence-electron chi connectivity index (χ3n) is 10.7. The Morgan fingerprint density at radius 3 is 1.58 bits per heavy atom. The van der Waals surface area contributed by atoms with Crippen LogP contribution in [0.2, 0.25) is 0 Å². The van der Waals surface area contributed by atoms with E-state index >= 15 is 0 Å². The van der Waals surface area contributed by atoms with Crippen molar-refractivity contribution in [2.24, 2.45) is 5.92 Å². The summed E-state index contributed by atoms with van der Waals surface area (Å²) in [5.74, 6) is 1.64. The molecule has 1 atom stereocenters. The summed E-state index contributed by atoms with van der Waals surface area (Å²) < 4.78 is 10.3. The van der Waals surface area contributed by atoms with Crippen molar-refractivity contribution in [1.82, 2.24) is 15.1 Å². The molecule has 374 valence electrons. The number of rotatable bonds is 3. The van der Waals surface area contributed by atoms with Crippen LogP contribution in [0.15, 0.2) is 69.5 Å². The van der Waals surface area contributed by atoms with Crippen LogP contribution in [0.5, 0.6) is 0 Å². The molecule has 1 unspecified atom stereocenters. The van der Waals surface area contributed by atoms with Crippen molar-refractivity contribution >= 4 is 47.1 Å². The number of allylic oxidation sites excluding steroid dienone is 9. The van der Waals surface area contributed by atoms with Crippen LogP contribution in [0.3, 0.4) is 0 Å². The fourth-order valence-electron chi connectivity index (χ4n) is 7.45. The van der Waals surface area contributed by atoms with E-state index in [1.54, 1.807) is 11.8 Å². The molecule has 2 saturated heterocycles. The molecular weight excluding hydrogens is 863 g/mol.